The van der Waals surface area contributed by atoms with E-state index in [1.807, 2.05) is 0 Å². The molecule has 0 radical (unpaired) electrons. The van der Waals surface area contributed by atoms with Gasteiger partial charge in [-0.2, -0.15) is 17.0 Å². The third kappa shape index (κ3) is 2.74. The quantitative estimate of drug-likeness (QED) is 0.786. The molecule has 5 nitrogen and oxygen atoms in total. The molecule has 1 fully saturated rings. The van der Waals surface area contributed by atoms with Crippen LogP contribution in [0.5, 0.6) is 0 Å². The van der Waals surface area contributed by atoms with Crippen LogP contribution in [0, 0.1) is 0 Å². The number of rotatable bonds is 4. The molecular weight excluding hydrogens is 228 g/mol. The third-order valence-corrected chi connectivity index (χ3v) is 5.43. The van der Waals surface area contributed by atoms with Gasteiger partial charge in [0.2, 0.25) is 0 Å². The van der Waals surface area contributed by atoms with Gasteiger partial charge in [0.25, 0.3) is 10.2 Å². The molecule has 96 valence electrons. The molecule has 0 aromatic heterocycles. The molecule has 0 aromatic carbocycles. The molecule has 1 saturated heterocycles. The van der Waals surface area contributed by atoms with Crippen LogP contribution in [0.3, 0.4) is 0 Å². The minimum atomic E-state index is -3.43. The molecule has 0 atom stereocenters. The molecule has 0 saturated carbocycles. The van der Waals surface area contributed by atoms with Crippen LogP contribution in [0.25, 0.3) is 0 Å². The Hall–Kier alpha value is -0.170. The lowest BCUT2D eigenvalue weighted by Crippen LogP contribution is -2.54. The molecule has 0 aliphatic carbocycles. The second-order valence-corrected chi connectivity index (χ2v) is 6.87. The van der Waals surface area contributed by atoms with Gasteiger partial charge in [-0.1, -0.05) is 6.42 Å². The van der Waals surface area contributed by atoms with Crippen molar-refractivity contribution in [1.82, 2.24) is 8.61 Å². The summed E-state index contributed by atoms with van der Waals surface area (Å²) in [5.41, 5.74) is -0.754. The van der Waals surface area contributed by atoms with Gasteiger partial charge in [0.15, 0.2) is 0 Å². The molecule has 0 unspecified atom stereocenters. The van der Waals surface area contributed by atoms with E-state index in [0.717, 1.165) is 19.3 Å². The van der Waals surface area contributed by atoms with E-state index in [1.165, 1.54) is 15.7 Å². The molecule has 1 rings (SSSR count). The predicted molar refractivity (Wildman–Crippen MR) is 63.3 cm³/mol. The molecule has 0 aromatic rings. The van der Waals surface area contributed by atoms with Gasteiger partial charge in [-0.3, -0.25) is 0 Å². The third-order valence-electron chi connectivity index (χ3n) is 3.23. The molecule has 0 bridgehead atoms. The second kappa shape index (κ2) is 5.00. The first kappa shape index (κ1) is 13.9. The largest absolute Gasteiger partial charge is 0.394 e. The number of hydrogen-bond acceptors (Lipinski definition) is 3. The average Bonchev–Trinajstić information content (AvgIpc) is 2.29. The van der Waals surface area contributed by atoms with Gasteiger partial charge in [0.1, 0.15) is 0 Å². The molecule has 6 heteroatoms. The lowest BCUT2D eigenvalue weighted by Gasteiger charge is -2.37. The van der Waals surface area contributed by atoms with Crippen LogP contribution in [0.4, 0.5) is 0 Å². The van der Waals surface area contributed by atoms with Crippen LogP contribution < -0.4 is 0 Å². The number of nitrogens with zero attached hydrogens (tertiary/aromatic N) is 2. The summed E-state index contributed by atoms with van der Waals surface area (Å²) in [6.45, 7) is 4.43. The normalized spacial score (nSPS) is 20.3. The van der Waals surface area contributed by atoms with Crippen LogP contribution in [-0.2, 0) is 10.2 Å². The summed E-state index contributed by atoms with van der Waals surface area (Å²) in [6.07, 6.45) is 2.94. The fourth-order valence-corrected chi connectivity index (χ4v) is 3.43. The number of aliphatic hydroxyl groups is 1. The van der Waals surface area contributed by atoms with Crippen molar-refractivity contribution in [2.75, 3.05) is 26.7 Å². The van der Waals surface area contributed by atoms with Crippen molar-refractivity contribution >= 4 is 10.2 Å². The van der Waals surface area contributed by atoms with Crippen LogP contribution in [-0.4, -0.2) is 54.4 Å². The Labute approximate surface area is 98.2 Å². The lowest BCUT2D eigenvalue weighted by molar-refractivity contribution is 0.130. The monoisotopic (exact) mass is 250 g/mol. The van der Waals surface area contributed by atoms with E-state index in [-0.39, 0.29) is 6.61 Å². The summed E-state index contributed by atoms with van der Waals surface area (Å²) in [5, 5.41) is 9.20. The Bertz CT molecular complexity index is 321. The first-order valence-electron chi connectivity index (χ1n) is 5.67. The van der Waals surface area contributed by atoms with Crippen LogP contribution in [0.15, 0.2) is 0 Å². The summed E-state index contributed by atoms with van der Waals surface area (Å²) in [7, 11) is -1.90. The molecule has 1 aliphatic rings. The molecule has 1 N–H and O–H groups in total. The average molecular weight is 250 g/mol. The molecule has 1 heterocycles. The zero-order chi connectivity index (χ0) is 12.4. The van der Waals surface area contributed by atoms with E-state index in [1.54, 1.807) is 13.8 Å². The molecule has 1 aliphatic heterocycles. The molecular formula is C10H22N2O3S. The first-order valence-corrected chi connectivity index (χ1v) is 7.07. The number of piperidine rings is 1. The van der Waals surface area contributed by atoms with Gasteiger partial charge < -0.3 is 5.11 Å². The zero-order valence-electron chi connectivity index (χ0n) is 10.3. The smallest absolute Gasteiger partial charge is 0.282 e. The summed E-state index contributed by atoms with van der Waals surface area (Å²) < 4.78 is 27.2. The minimum absolute atomic E-state index is 0.184. The Morgan fingerprint density at radius 3 is 2.19 bits per heavy atom. The predicted octanol–water partition coefficient (Wildman–Crippen LogP) is 0.420. The standard InChI is InChI=1S/C10H22N2O3S/c1-10(2,9-13)11(3)16(14,15)12-7-5-4-6-8-12/h13H,4-9H2,1-3H3. The summed E-state index contributed by atoms with van der Waals surface area (Å²) in [4.78, 5) is 0. The van der Waals surface area contributed by atoms with Crippen molar-refractivity contribution in [3.63, 3.8) is 0 Å². The molecule has 0 amide bonds. The van der Waals surface area contributed by atoms with Crippen molar-refractivity contribution in [2.24, 2.45) is 0 Å². The molecule has 16 heavy (non-hydrogen) atoms. The van der Waals surface area contributed by atoms with E-state index in [0.29, 0.717) is 13.1 Å². The Morgan fingerprint density at radius 1 is 1.25 bits per heavy atom. The van der Waals surface area contributed by atoms with Crippen LogP contribution in [0.1, 0.15) is 33.1 Å². The van der Waals surface area contributed by atoms with E-state index < -0.39 is 15.7 Å². The van der Waals surface area contributed by atoms with Crippen molar-refractivity contribution < 1.29 is 13.5 Å². The topological polar surface area (TPSA) is 60.9 Å². The summed E-state index contributed by atoms with van der Waals surface area (Å²) in [6, 6.07) is 0. The van der Waals surface area contributed by atoms with Gasteiger partial charge in [-0.15, -0.1) is 0 Å². The van der Waals surface area contributed by atoms with Gasteiger partial charge in [0.05, 0.1) is 12.1 Å². The maximum atomic E-state index is 12.2. The van der Waals surface area contributed by atoms with Gasteiger partial charge in [-0.25, -0.2) is 0 Å². The van der Waals surface area contributed by atoms with Crippen LogP contribution >= 0.6 is 0 Å². The number of likely N-dealkylation sites (N-methyl/N-ethyl adjacent to an activating group) is 1. The minimum Gasteiger partial charge on any atom is -0.394 e. The van der Waals surface area contributed by atoms with Crippen molar-refractivity contribution in [3.05, 3.63) is 0 Å². The first-order chi connectivity index (χ1) is 7.32. The number of hydrogen-bond donors (Lipinski definition) is 1. The van der Waals surface area contributed by atoms with Gasteiger partial charge >= 0.3 is 0 Å². The highest BCUT2D eigenvalue weighted by molar-refractivity contribution is 7.86. The lowest BCUT2D eigenvalue weighted by atomic mass is 10.1. The highest BCUT2D eigenvalue weighted by Crippen LogP contribution is 2.21. The second-order valence-electron chi connectivity index (χ2n) is 4.91. The van der Waals surface area contributed by atoms with E-state index in [2.05, 4.69) is 0 Å². The highest BCUT2D eigenvalue weighted by atomic mass is 32.2. The highest BCUT2D eigenvalue weighted by Gasteiger charge is 2.36. The Morgan fingerprint density at radius 2 is 1.75 bits per heavy atom. The van der Waals surface area contributed by atoms with Crippen molar-refractivity contribution in [2.45, 2.75) is 38.6 Å². The Kier molecular flexibility index (Phi) is 4.34. The fourth-order valence-electron chi connectivity index (χ4n) is 1.68. The van der Waals surface area contributed by atoms with Gasteiger partial charge in [-0.05, 0) is 26.7 Å². The van der Waals surface area contributed by atoms with E-state index >= 15 is 0 Å². The van der Waals surface area contributed by atoms with Gasteiger partial charge in [0, 0.05) is 20.1 Å². The SMILES string of the molecule is CN(C(C)(C)CO)S(=O)(=O)N1CCCCC1. The summed E-state index contributed by atoms with van der Waals surface area (Å²) in [5.74, 6) is 0. The Balaban J connectivity index is 2.84. The van der Waals surface area contributed by atoms with E-state index in [4.69, 9.17) is 0 Å². The summed E-state index contributed by atoms with van der Waals surface area (Å²) >= 11 is 0. The maximum absolute atomic E-state index is 12.2. The zero-order valence-corrected chi connectivity index (χ0v) is 11.1. The molecule has 0 spiro atoms. The van der Waals surface area contributed by atoms with Crippen molar-refractivity contribution in [1.29, 1.82) is 0 Å². The van der Waals surface area contributed by atoms with Crippen molar-refractivity contribution in [3.8, 4) is 0 Å². The fraction of sp³-hybridized carbons (Fsp3) is 1.00. The number of aliphatic hydroxyl groups excluding tert-OH is 1. The van der Waals surface area contributed by atoms with E-state index in [9.17, 15) is 13.5 Å². The maximum Gasteiger partial charge on any atom is 0.282 e. The van der Waals surface area contributed by atoms with Crippen LogP contribution in [0.2, 0.25) is 0 Å².